The number of hydrogen-bond acceptors (Lipinski definition) is 2. The number of piperazine rings is 1. The van der Waals surface area contributed by atoms with Gasteiger partial charge < -0.3 is 5.32 Å². The van der Waals surface area contributed by atoms with Gasteiger partial charge in [0.2, 0.25) is 0 Å². The monoisotopic (exact) mass is 294 g/mol. The second-order valence-electron chi connectivity index (χ2n) is 6.65. The van der Waals surface area contributed by atoms with Gasteiger partial charge in [0.1, 0.15) is 0 Å². The van der Waals surface area contributed by atoms with Crippen LogP contribution in [-0.2, 0) is 6.54 Å². The summed E-state index contributed by atoms with van der Waals surface area (Å²) in [6.45, 7) is 12.0. The van der Waals surface area contributed by atoms with Crippen LogP contribution in [0.2, 0.25) is 5.02 Å². The van der Waals surface area contributed by atoms with Crippen molar-refractivity contribution < 1.29 is 0 Å². The Balaban J connectivity index is 2.11. The lowest BCUT2D eigenvalue weighted by molar-refractivity contribution is 0.0564. The molecule has 1 aromatic rings. The summed E-state index contributed by atoms with van der Waals surface area (Å²) in [5.41, 5.74) is 2.64. The van der Waals surface area contributed by atoms with E-state index in [0.29, 0.717) is 6.04 Å². The molecule has 0 aromatic heterocycles. The molecule has 1 fully saturated rings. The predicted octanol–water partition coefficient (Wildman–Crippen LogP) is 4.00. The Morgan fingerprint density at radius 3 is 2.80 bits per heavy atom. The van der Waals surface area contributed by atoms with Crippen LogP contribution in [-0.4, -0.2) is 29.6 Å². The Labute approximate surface area is 128 Å². The van der Waals surface area contributed by atoms with Gasteiger partial charge in [-0.2, -0.15) is 0 Å². The summed E-state index contributed by atoms with van der Waals surface area (Å²) >= 11 is 6.40. The van der Waals surface area contributed by atoms with E-state index in [1.54, 1.807) is 0 Å². The zero-order valence-electron chi connectivity index (χ0n) is 13.2. The molecule has 0 radical (unpaired) electrons. The predicted molar refractivity (Wildman–Crippen MR) is 87.4 cm³/mol. The van der Waals surface area contributed by atoms with E-state index in [0.717, 1.165) is 24.7 Å². The standard InChI is InChI=1S/C17H27ClN2/c1-5-6-15-11-20(17(3,4)12-19-15)10-14-8-7-13(2)9-16(14)18/h7-9,15,19H,5-6,10-12H2,1-4H3. The van der Waals surface area contributed by atoms with Crippen LogP contribution in [0.4, 0.5) is 0 Å². The zero-order chi connectivity index (χ0) is 14.8. The van der Waals surface area contributed by atoms with Crippen molar-refractivity contribution in [2.45, 2.75) is 58.7 Å². The number of rotatable bonds is 4. The minimum Gasteiger partial charge on any atom is -0.311 e. The van der Waals surface area contributed by atoms with Gasteiger partial charge in [0.25, 0.3) is 0 Å². The van der Waals surface area contributed by atoms with Gasteiger partial charge in [0, 0.05) is 36.2 Å². The molecule has 1 saturated heterocycles. The van der Waals surface area contributed by atoms with Crippen molar-refractivity contribution in [1.29, 1.82) is 0 Å². The molecule has 1 N–H and O–H groups in total. The highest BCUT2D eigenvalue weighted by Gasteiger charge is 2.33. The summed E-state index contributed by atoms with van der Waals surface area (Å²) in [5.74, 6) is 0. The molecule has 0 spiro atoms. The molecule has 1 atom stereocenters. The average molecular weight is 295 g/mol. The number of aryl methyl sites for hydroxylation is 1. The van der Waals surface area contributed by atoms with Gasteiger partial charge >= 0.3 is 0 Å². The van der Waals surface area contributed by atoms with Crippen LogP contribution in [0.5, 0.6) is 0 Å². The summed E-state index contributed by atoms with van der Waals surface area (Å²) in [6, 6.07) is 7.00. The molecule has 0 bridgehead atoms. The van der Waals surface area contributed by atoms with Crippen LogP contribution >= 0.6 is 11.6 Å². The second kappa shape index (κ2) is 6.46. The molecule has 1 aliphatic heterocycles. The van der Waals surface area contributed by atoms with Gasteiger partial charge in [-0.1, -0.05) is 37.1 Å². The largest absolute Gasteiger partial charge is 0.311 e. The van der Waals surface area contributed by atoms with E-state index in [4.69, 9.17) is 11.6 Å². The number of nitrogens with one attached hydrogen (secondary N) is 1. The highest BCUT2D eigenvalue weighted by atomic mass is 35.5. The molecule has 0 amide bonds. The van der Waals surface area contributed by atoms with Crippen LogP contribution in [0.3, 0.4) is 0 Å². The molecule has 1 aromatic carbocycles. The van der Waals surface area contributed by atoms with Crippen molar-refractivity contribution in [3.8, 4) is 0 Å². The second-order valence-corrected chi connectivity index (χ2v) is 7.06. The van der Waals surface area contributed by atoms with Crippen molar-refractivity contribution in [3.05, 3.63) is 34.3 Å². The lowest BCUT2D eigenvalue weighted by Crippen LogP contribution is -2.61. The molecule has 112 valence electrons. The van der Waals surface area contributed by atoms with Crippen LogP contribution in [0, 0.1) is 6.92 Å². The first-order valence-corrected chi connectivity index (χ1v) is 8.03. The molecule has 0 saturated carbocycles. The average Bonchev–Trinajstić information content (AvgIpc) is 2.37. The molecule has 20 heavy (non-hydrogen) atoms. The summed E-state index contributed by atoms with van der Waals surface area (Å²) in [5, 5.41) is 4.57. The van der Waals surface area contributed by atoms with Crippen molar-refractivity contribution >= 4 is 11.6 Å². The molecule has 0 aliphatic carbocycles. The fourth-order valence-electron chi connectivity index (χ4n) is 2.89. The smallest absolute Gasteiger partial charge is 0.0453 e. The Morgan fingerprint density at radius 2 is 2.15 bits per heavy atom. The van der Waals surface area contributed by atoms with Gasteiger partial charge in [-0.05, 0) is 44.4 Å². The Kier molecular flexibility index (Phi) is 5.11. The highest BCUT2D eigenvalue weighted by Crippen LogP contribution is 2.26. The first kappa shape index (κ1) is 15.8. The highest BCUT2D eigenvalue weighted by molar-refractivity contribution is 6.31. The number of benzene rings is 1. The topological polar surface area (TPSA) is 15.3 Å². The molecular weight excluding hydrogens is 268 g/mol. The molecular formula is C17H27ClN2. The van der Waals surface area contributed by atoms with E-state index < -0.39 is 0 Å². The van der Waals surface area contributed by atoms with E-state index in [1.807, 2.05) is 0 Å². The van der Waals surface area contributed by atoms with Crippen molar-refractivity contribution in [2.24, 2.45) is 0 Å². The third kappa shape index (κ3) is 3.75. The normalized spacial score (nSPS) is 22.9. The zero-order valence-corrected chi connectivity index (χ0v) is 13.9. The van der Waals surface area contributed by atoms with E-state index in [2.05, 4.69) is 56.1 Å². The van der Waals surface area contributed by atoms with Crippen LogP contribution < -0.4 is 5.32 Å². The van der Waals surface area contributed by atoms with Crippen LogP contribution in [0.15, 0.2) is 18.2 Å². The van der Waals surface area contributed by atoms with E-state index >= 15 is 0 Å². The summed E-state index contributed by atoms with van der Waals surface area (Å²) in [7, 11) is 0. The number of hydrogen-bond donors (Lipinski definition) is 1. The summed E-state index contributed by atoms with van der Waals surface area (Å²) in [6.07, 6.45) is 2.48. The van der Waals surface area contributed by atoms with E-state index in [-0.39, 0.29) is 5.54 Å². The minimum absolute atomic E-state index is 0.179. The number of halogens is 1. The molecule has 1 unspecified atom stereocenters. The SMILES string of the molecule is CCCC1CN(Cc2ccc(C)cc2Cl)C(C)(C)CN1. The fraction of sp³-hybridized carbons (Fsp3) is 0.647. The molecule has 3 heteroatoms. The molecule has 1 heterocycles. The fourth-order valence-corrected chi connectivity index (χ4v) is 3.19. The van der Waals surface area contributed by atoms with Gasteiger partial charge in [-0.25, -0.2) is 0 Å². The van der Waals surface area contributed by atoms with Crippen LogP contribution in [0.1, 0.15) is 44.7 Å². The van der Waals surface area contributed by atoms with Crippen molar-refractivity contribution in [2.75, 3.05) is 13.1 Å². The minimum atomic E-state index is 0.179. The maximum atomic E-state index is 6.40. The third-order valence-corrected chi connectivity index (χ3v) is 4.68. The van der Waals surface area contributed by atoms with Crippen LogP contribution in [0.25, 0.3) is 0 Å². The maximum Gasteiger partial charge on any atom is 0.0453 e. The third-order valence-electron chi connectivity index (χ3n) is 4.33. The molecule has 1 aliphatic rings. The summed E-state index contributed by atoms with van der Waals surface area (Å²) < 4.78 is 0. The number of nitrogens with zero attached hydrogens (tertiary/aromatic N) is 1. The Bertz CT molecular complexity index is 456. The maximum absolute atomic E-state index is 6.40. The first-order chi connectivity index (χ1) is 9.42. The van der Waals surface area contributed by atoms with Gasteiger partial charge in [-0.15, -0.1) is 0 Å². The molecule has 2 rings (SSSR count). The van der Waals surface area contributed by atoms with Gasteiger partial charge in [0.05, 0.1) is 0 Å². The van der Waals surface area contributed by atoms with Gasteiger partial charge in [-0.3, -0.25) is 4.90 Å². The lowest BCUT2D eigenvalue weighted by Gasteiger charge is -2.46. The molecule has 2 nitrogen and oxygen atoms in total. The Hall–Kier alpha value is -0.570. The quantitative estimate of drug-likeness (QED) is 0.903. The van der Waals surface area contributed by atoms with E-state index in [1.165, 1.54) is 24.0 Å². The van der Waals surface area contributed by atoms with E-state index in [9.17, 15) is 0 Å². The van der Waals surface area contributed by atoms with Crippen molar-refractivity contribution in [3.63, 3.8) is 0 Å². The summed E-state index contributed by atoms with van der Waals surface area (Å²) in [4.78, 5) is 2.57. The van der Waals surface area contributed by atoms with Crippen molar-refractivity contribution in [1.82, 2.24) is 10.2 Å². The Morgan fingerprint density at radius 1 is 1.40 bits per heavy atom. The first-order valence-electron chi connectivity index (χ1n) is 7.66. The lowest BCUT2D eigenvalue weighted by atomic mass is 9.95. The van der Waals surface area contributed by atoms with Gasteiger partial charge in [0.15, 0.2) is 0 Å².